The van der Waals surface area contributed by atoms with Crippen LogP contribution in [0.25, 0.3) is 0 Å². The van der Waals surface area contributed by atoms with Crippen LogP contribution in [-0.4, -0.2) is 13.3 Å². The minimum atomic E-state index is 0.585. The van der Waals surface area contributed by atoms with Gasteiger partial charge in [-0.25, -0.2) is 0 Å². The average Bonchev–Trinajstić information content (AvgIpc) is 2.78. The summed E-state index contributed by atoms with van der Waals surface area (Å²) >= 11 is 0. The average molecular weight is 187 g/mol. The van der Waals surface area contributed by atoms with Crippen LogP contribution in [0, 0.1) is 11.8 Å². The molecule has 0 amide bonds. The van der Waals surface area contributed by atoms with Crippen LogP contribution < -0.4 is 0 Å². The zero-order chi connectivity index (χ0) is 10.1. The first-order valence-electron chi connectivity index (χ1n) is 5.23. The highest BCUT2D eigenvalue weighted by Crippen LogP contribution is 2.43. The first-order valence-corrected chi connectivity index (χ1v) is 5.23. The van der Waals surface area contributed by atoms with Crippen molar-refractivity contribution in [1.29, 1.82) is 0 Å². The van der Waals surface area contributed by atoms with Gasteiger partial charge in [-0.05, 0) is 24.8 Å². The molecule has 0 N–H and O–H groups in total. The van der Waals surface area contributed by atoms with Gasteiger partial charge in [0.25, 0.3) is 0 Å². The third-order valence-corrected chi connectivity index (χ3v) is 2.78. The number of allylic oxidation sites excluding steroid dienone is 6. The Morgan fingerprint density at radius 3 is 2.79 bits per heavy atom. The number of hydrogen-bond acceptors (Lipinski definition) is 1. The Morgan fingerprint density at radius 2 is 2.21 bits per heavy atom. The van der Waals surface area contributed by atoms with Crippen LogP contribution >= 0.6 is 0 Å². The summed E-state index contributed by atoms with van der Waals surface area (Å²) in [4.78, 5) is 4.05. The SMILES string of the molecule is CN=CC(C)CC1=CC1C1=CC(C)=C1. The van der Waals surface area contributed by atoms with E-state index in [9.17, 15) is 0 Å². The van der Waals surface area contributed by atoms with Crippen molar-refractivity contribution in [3.05, 3.63) is 34.9 Å². The van der Waals surface area contributed by atoms with Crippen molar-refractivity contribution in [2.75, 3.05) is 7.05 Å². The van der Waals surface area contributed by atoms with Crippen LogP contribution in [0.1, 0.15) is 20.3 Å². The van der Waals surface area contributed by atoms with Gasteiger partial charge in [-0.15, -0.1) is 0 Å². The van der Waals surface area contributed by atoms with Gasteiger partial charge >= 0.3 is 0 Å². The van der Waals surface area contributed by atoms with Crippen molar-refractivity contribution >= 4 is 6.21 Å². The fourth-order valence-electron chi connectivity index (χ4n) is 2.04. The first-order chi connectivity index (χ1) is 6.70. The van der Waals surface area contributed by atoms with Gasteiger partial charge in [-0.3, -0.25) is 0 Å². The number of hydrogen-bond donors (Lipinski definition) is 0. The molecule has 2 atom stereocenters. The Kier molecular flexibility index (Phi) is 2.40. The molecule has 2 rings (SSSR count). The molecule has 74 valence electrons. The van der Waals surface area contributed by atoms with Gasteiger partial charge in [0.1, 0.15) is 0 Å². The van der Waals surface area contributed by atoms with Gasteiger partial charge < -0.3 is 4.99 Å². The van der Waals surface area contributed by atoms with Crippen LogP contribution in [0.15, 0.2) is 39.9 Å². The minimum absolute atomic E-state index is 0.585. The van der Waals surface area contributed by atoms with Crippen molar-refractivity contribution in [3.8, 4) is 0 Å². The third-order valence-electron chi connectivity index (χ3n) is 2.78. The molecule has 0 spiro atoms. The largest absolute Gasteiger partial charge is 0.301 e. The second kappa shape index (κ2) is 3.56. The quantitative estimate of drug-likeness (QED) is 0.473. The lowest BCUT2D eigenvalue weighted by molar-refractivity contribution is 0.767. The van der Waals surface area contributed by atoms with Gasteiger partial charge in [-0.2, -0.15) is 0 Å². The van der Waals surface area contributed by atoms with Crippen LogP contribution in [0.2, 0.25) is 0 Å². The summed E-state index contributed by atoms with van der Waals surface area (Å²) in [6.07, 6.45) is 10.1. The maximum Gasteiger partial charge on any atom is 0.0273 e. The molecule has 0 aromatic carbocycles. The Hall–Kier alpha value is -1.11. The van der Waals surface area contributed by atoms with Gasteiger partial charge in [0.05, 0.1) is 0 Å². The summed E-state index contributed by atoms with van der Waals surface area (Å²) in [5.41, 5.74) is 4.49. The predicted octanol–water partition coefficient (Wildman–Crippen LogP) is 3.16. The van der Waals surface area contributed by atoms with Crippen LogP contribution in [0.4, 0.5) is 0 Å². The summed E-state index contributed by atoms with van der Waals surface area (Å²) in [5.74, 6) is 1.26. The Morgan fingerprint density at radius 1 is 1.50 bits per heavy atom. The lowest BCUT2D eigenvalue weighted by Crippen LogP contribution is -1.99. The van der Waals surface area contributed by atoms with E-state index in [1.807, 2.05) is 13.3 Å². The highest BCUT2D eigenvalue weighted by atomic mass is 14.6. The van der Waals surface area contributed by atoms with Crippen molar-refractivity contribution in [3.63, 3.8) is 0 Å². The Labute approximate surface area is 85.9 Å². The third kappa shape index (κ3) is 1.87. The van der Waals surface area contributed by atoms with E-state index in [-0.39, 0.29) is 0 Å². The van der Waals surface area contributed by atoms with Gasteiger partial charge in [0, 0.05) is 19.2 Å². The number of aliphatic imine (C=N–C) groups is 1. The van der Waals surface area contributed by atoms with Crippen molar-refractivity contribution in [1.82, 2.24) is 0 Å². The fourth-order valence-corrected chi connectivity index (χ4v) is 2.04. The zero-order valence-corrected chi connectivity index (χ0v) is 9.12. The molecular weight excluding hydrogens is 170 g/mol. The van der Waals surface area contributed by atoms with E-state index in [1.54, 1.807) is 5.57 Å². The van der Waals surface area contributed by atoms with Crippen LogP contribution in [0.5, 0.6) is 0 Å². The zero-order valence-electron chi connectivity index (χ0n) is 9.12. The summed E-state index contributed by atoms with van der Waals surface area (Å²) in [6.45, 7) is 4.37. The number of rotatable bonds is 4. The topological polar surface area (TPSA) is 12.4 Å². The lowest BCUT2D eigenvalue weighted by atomic mass is 9.92. The van der Waals surface area contributed by atoms with E-state index in [2.05, 4.69) is 37.1 Å². The smallest absolute Gasteiger partial charge is 0.0273 e. The molecule has 0 heterocycles. The molecular formula is C13H17N. The molecule has 1 nitrogen and oxygen atoms in total. The van der Waals surface area contributed by atoms with Crippen molar-refractivity contribution in [2.24, 2.45) is 16.8 Å². The maximum absolute atomic E-state index is 4.05. The molecule has 2 aliphatic carbocycles. The standard InChI is InChI=1S/C13H17N/c1-9-4-11(5-9)13-7-12(13)6-10(2)8-14-3/h4-5,7-8,10,13H,6H2,1-3H3. The van der Waals surface area contributed by atoms with E-state index in [1.165, 1.54) is 17.6 Å². The second-order valence-corrected chi connectivity index (χ2v) is 4.34. The maximum atomic E-state index is 4.05. The highest BCUT2D eigenvalue weighted by Gasteiger charge is 2.29. The van der Waals surface area contributed by atoms with E-state index in [4.69, 9.17) is 0 Å². The molecule has 0 aromatic rings. The molecule has 2 aliphatic rings. The molecule has 14 heavy (non-hydrogen) atoms. The first kappa shape index (κ1) is 9.45. The summed E-state index contributed by atoms with van der Waals surface area (Å²) < 4.78 is 0. The summed E-state index contributed by atoms with van der Waals surface area (Å²) in [6, 6.07) is 0. The second-order valence-electron chi connectivity index (χ2n) is 4.34. The molecule has 0 aliphatic heterocycles. The molecule has 2 unspecified atom stereocenters. The van der Waals surface area contributed by atoms with E-state index < -0.39 is 0 Å². The van der Waals surface area contributed by atoms with E-state index >= 15 is 0 Å². The minimum Gasteiger partial charge on any atom is -0.301 e. The highest BCUT2D eigenvalue weighted by molar-refractivity contribution is 5.62. The van der Waals surface area contributed by atoms with Crippen LogP contribution in [0.3, 0.4) is 0 Å². The molecule has 0 radical (unpaired) electrons. The normalized spacial score (nSPS) is 26.5. The summed E-state index contributed by atoms with van der Waals surface area (Å²) in [5, 5.41) is 0. The predicted molar refractivity (Wildman–Crippen MR) is 61.6 cm³/mol. The number of nitrogens with zero attached hydrogens (tertiary/aromatic N) is 1. The van der Waals surface area contributed by atoms with E-state index in [0.29, 0.717) is 11.8 Å². The molecule has 1 heteroatoms. The molecule has 0 saturated heterocycles. The monoisotopic (exact) mass is 187 g/mol. The molecule has 0 aromatic heterocycles. The van der Waals surface area contributed by atoms with Gasteiger partial charge in [-0.1, -0.05) is 36.3 Å². The Balaban J connectivity index is 1.77. The lowest BCUT2D eigenvalue weighted by Gasteiger charge is -2.12. The molecule has 0 fully saturated rings. The van der Waals surface area contributed by atoms with Gasteiger partial charge in [0.2, 0.25) is 0 Å². The van der Waals surface area contributed by atoms with E-state index in [0.717, 1.165) is 0 Å². The molecule has 0 saturated carbocycles. The fraction of sp³-hybridized carbons (Fsp3) is 0.462. The Bertz CT molecular complexity index is 355. The van der Waals surface area contributed by atoms with Crippen molar-refractivity contribution < 1.29 is 0 Å². The van der Waals surface area contributed by atoms with Gasteiger partial charge in [0.15, 0.2) is 0 Å². The van der Waals surface area contributed by atoms with Crippen LogP contribution in [-0.2, 0) is 0 Å². The summed E-state index contributed by atoms with van der Waals surface area (Å²) in [7, 11) is 1.84. The molecule has 0 bridgehead atoms. The van der Waals surface area contributed by atoms with Crippen molar-refractivity contribution in [2.45, 2.75) is 20.3 Å².